The number of rotatable bonds is 5. The minimum absolute atomic E-state index is 0.0728. The third-order valence-corrected chi connectivity index (χ3v) is 6.00. The molecule has 0 radical (unpaired) electrons. The number of ether oxygens (including phenoxy) is 3. The molecule has 25 heavy (non-hydrogen) atoms. The maximum atomic E-state index is 12.7. The van der Waals surface area contributed by atoms with Crippen molar-refractivity contribution in [2.45, 2.75) is 18.9 Å². The summed E-state index contributed by atoms with van der Waals surface area (Å²) in [6.45, 7) is 1.28. The van der Waals surface area contributed by atoms with E-state index in [4.69, 9.17) is 26.4 Å². The van der Waals surface area contributed by atoms with E-state index in [0.29, 0.717) is 27.3 Å². The lowest BCUT2D eigenvalue weighted by atomic mass is 10.1. The van der Waals surface area contributed by atoms with Crippen LogP contribution in [0.4, 0.5) is 0 Å². The quantitative estimate of drug-likeness (QED) is 0.508. The summed E-state index contributed by atoms with van der Waals surface area (Å²) in [5.74, 6) is 1.14. The molecular weight excluding hydrogens is 426 g/mol. The number of halogens is 1. The average Bonchev–Trinajstić information content (AvgIpc) is 3.19. The molecule has 0 aromatic heterocycles. The molecule has 1 atom stereocenters. The van der Waals surface area contributed by atoms with E-state index in [9.17, 15) is 4.79 Å². The van der Waals surface area contributed by atoms with Crippen molar-refractivity contribution in [3.05, 3.63) is 27.1 Å². The molecule has 2 fully saturated rings. The Kier molecular flexibility index (Phi) is 6.04. The first-order valence-electron chi connectivity index (χ1n) is 7.82. The van der Waals surface area contributed by atoms with E-state index in [0.717, 1.165) is 29.5 Å². The van der Waals surface area contributed by atoms with Crippen molar-refractivity contribution in [1.29, 1.82) is 0 Å². The van der Waals surface area contributed by atoms with Gasteiger partial charge in [-0.3, -0.25) is 9.69 Å². The van der Waals surface area contributed by atoms with Crippen LogP contribution in [0.2, 0.25) is 0 Å². The highest BCUT2D eigenvalue weighted by atomic mass is 79.9. The average molecular weight is 444 g/mol. The van der Waals surface area contributed by atoms with Crippen LogP contribution >= 0.6 is 39.9 Å². The van der Waals surface area contributed by atoms with Gasteiger partial charge in [0.05, 0.1) is 36.2 Å². The highest BCUT2D eigenvalue weighted by molar-refractivity contribution is 9.10. The maximum Gasteiger partial charge on any atom is 0.266 e. The van der Waals surface area contributed by atoms with Gasteiger partial charge >= 0.3 is 0 Å². The molecule has 0 spiro atoms. The highest BCUT2D eigenvalue weighted by Crippen LogP contribution is 2.39. The first-order chi connectivity index (χ1) is 12.0. The Morgan fingerprint density at radius 1 is 1.44 bits per heavy atom. The van der Waals surface area contributed by atoms with Crippen molar-refractivity contribution in [3.63, 3.8) is 0 Å². The van der Waals surface area contributed by atoms with E-state index in [-0.39, 0.29) is 12.0 Å². The molecular formula is C17H18BrNO4S2. The Labute approximate surface area is 164 Å². The summed E-state index contributed by atoms with van der Waals surface area (Å²) >= 11 is 10.2. The van der Waals surface area contributed by atoms with Gasteiger partial charge in [0.25, 0.3) is 5.91 Å². The van der Waals surface area contributed by atoms with Crippen LogP contribution in [0.3, 0.4) is 0 Å². The third-order valence-electron chi connectivity index (χ3n) is 4.04. The number of amides is 1. The second-order valence-electron chi connectivity index (χ2n) is 5.67. The Morgan fingerprint density at radius 2 is 2.24 bits per heavy atom. The van der Waals surface area contributed by atoms with E-state index in [1.54, 1.807) is 19.1 Å². The Balaban J connectivity index is 1.83. The number of thioether (sulfide) groups is 1. The fourth-order valence-electron chi connectivity index (χ4n) is 2.82. The molecule has 2 saturated heterocycles. The zero-order chi connectivity index (χ0) is 18.0. The molecule has 8 heteroatoms. The Morgan fingerprint density at radius 3 is 2.88 bits per heavy atom. The molecule has 0 unspecified atom stereocenters. The van der Waals surface area contributed by atoms with Gasteiger partial charge < -0.3 is 14.2 Å². The van der Waals surface area contributed by atoms with Gasteiger partial charge in [-0.05, 0) is 52.5 Å². The number of methoxy groups -OCH3 is 2. The zero-order valence-electron chi connectivity index (χ0n) is 13.9. The summed E-state index contributed by atoms with van der Waals surface area (Å²) in [6.07, 6.45) is 3.91. The van der Waals surface area contributed by atoms with E-state index in [1.165, 1.54) is 11.8 Å². The van der Waals surface area contributed by atoms with E-state index < -0.39 is 0 Å². The lowest BCUT2D eigenvalue weighted by Crippen LogP contribution is -2.35. The van der Waals surface area contributed by atoms with Crippen molar-refractivity contribution in [2.24, 2.45) is 0 Å². The van der Waals surface area contributed by atoms with Gasteiger partial charge in [0.1, 0.15) is 4.32 Å². The lowest BCUT2D eigenvalue weighted by molar-refractivity contribution is -0.123. The van der Waals surface area contributed by atoms with Crippen LogP contribution < -0.4 is 9.47 Å². The lowest BCUT2D eigenvalue weighted by Gasteiger charge is -2.18. The maximum absolute atomic E-state index is 12.7. The van der Waals surface area contributed by atoms with E-state index in [2.05, 4.69) is 15.9 Å². The van der Waals surface area contributed by atoms with Crippen LogP contribution in [-0.4, -0.2) is 48.6 Å². The number of carbonyl (C=O) groups is 1. The SMILES string of the molecule is COc1cc(/C=C2\SC(=S)N(C[C@H]3CCCO3)C2=O)cc(Br)c1OC. The largest absolute Gasteiger partial charge is 0.493 e. The Hall–Kier alpha value is -1.09. The van der Waals surface area contributed by atoms with E-state index >= 15 is 0 Å². The first-order valence-corrected chi connectivity index (χ1v) is 9.83. The summed E-state index contributed by atoms with van der Waals surface area (Å²) in [5, 5.41) is 0. The fraction of sp³-hybridized carbons (Fsp3) is 0.412. The van der Waals surface area contributed by atoms with Crippen LogP contribution in [0.1, 0.15) is 18.4 Å². The molecule has 134 valence electrons. The fourth-order valence-corrected chi connectivity index (χ4v) is 4.72. The molecule has 2 aliphatic heterocycles. The van der Waals surface area contributed by atoms with Gasteiger partial charge in [-0.25, -0.2) is 0 Å². The zero-order valence-corrected chi connectivity index (χ0v) is 17.1. The predicted molar refractivity (Wildman–Crippen MR) is 106 cm³/mol. The number of nitrogens with zero attached hydrogens (tertiary/aromatic N) is 1. The summed E-state index contributed by atoms with van der Waals surface area (Å²) in [5.41, 5.74) is 0.835. The van der Waals surface area contributed by atoms with Crippen LogP contribution in [-0.2, 0) is 9.53 Å². The number of benzene rings is 1. The summed E-state index contributed by atoms with van der Waals surface area (Å²) < 4.78 is 17.6. The van der Waals surface area contributed by atoms with Gasteiger partial charge in [-0.2, -0.15) is 0 Å². The second-order valence-corrected chi connectivity index (χ2v) is 8.20. The molecule has 1 aromatic rings. The number of hydrogen-bond acceptors (Lipinski definition) is 6. The summed E-state index contributed by atoms with van der Waals surface area (Å²) in [6, 6.07) is 3.71. The minimum atomic E-state index is -0.0728. The van der Waals surface area contributed by atoms with Gasteiger partial charge in [0.2, 0.25) is 0 Å². The molecule has 2 heterocycles. The van der Waals surface area contributed by atoms with Crippen LogP contribution in [0.15, 0.2) is 21.5 Å². The van der Waals surface area contributed by atoms with Gasteiger partial charge in [0.15, 0.2) is 11.5 Å². The Bertz CT molecular complexity index is 732. The van der Waals surface area contributed by atoms with Crippen LogP contribution in [0.5, 0.6) is 11.5 Å². The van der Waals surface area contributed by atoms with Gasteiger partial charge in [-0.15, -0.1) is 0 Å². The molecule has 0 aliphatic carbocycles. The van der Waals surface area contributed by atoms with Crippen molar-refractivity contribution >= 4 is 56.2 Å². The van der Waals surface area contributed by atoms with Crippen molar-refractivity contribution in [2.75, 3.05) is 27.4 Å². The normalized spacial score (nSPS) is 22.1. The first kappa shape index (κ1) is 18.7. The van der Waals surface area contributed by atoms with Gasteiger partial charge in [-0.1, -0.05) is 24.0 Å². The highest BCUT2D eigenvalue weighted by Gasteiger charge is 2.34. The molecule has 5 nitrogen and oxygen atoms in total. The molecule has 0 N–H and O–H groups in total. The number of thiocarbonyl (C=S) groups is 1. The topological polar surface area (TPSA) is 48.0 Å². The van der Waals surface area contributed by atoms with Crippen molar-refractivity contribution in [1.82, 2.24) is 4.90 Å². The summed E-state index contributed by atoms with van der Waals surface area (Å²) in [7, 11) is 3.16. The van der Waals surface area contributed by atoms with Crippen LogP contribution in [0.25, 0.3) is 6.08 Å². The van der Waals surface area contributed by atoms with E-state index in [1.807, 2.05) is 18.2 Å². The molecule has 0 bridgehead atoms. The molecule has 0 saturated carbocycles. The van der Waals surface area contributed by atoms with Crippen molar-refractivity contribution < 1.29 is 19.0 Å². The standard InChI is InChI=1S/C17H18BrNO4S2/c1-21-13-7-10(6-12(18)15(13)22-2)8-14-16(20)19(17(24)25-14)9-11-4-3-5-23-11/h6-8,11H,3-5,9H2,1-2H3/b14-8-/t11-/m1/s1. The van der Waals surface area contributed by atoms with Crippen molar-refractivity contribution in [3.8, 4) is 11.5 Å². The second kappa shape index (κ2) is 8.07. The number of hydrogen-bond donors (Lipinski definition) is 0. The predicted octanol–water partition coefficient (Wildman–Crippen LogP) is 3.85. The monoisotopic (exact) mass is 443 g/mol. The smallest absolute Gasteiger partial charge is 0.266 e. The third kappa shape index (κ3) is 4.02. The molecule has 1 aromatic carbocycles. The van der Waals surface area contributed by atoms with Gasteiger partial charge in [0, 0.05) is 6.61 Å². The molecule has 2 aliphatic rings. The minimum Gasteiger partial charge on any atom is -0.493 e. The van der Waals surface area contributed by atoms with Crippen LogP contribution in [0, 0.1) is 0 Å². The summed E-state index contributed by atoms with van der Waals surface area (Å²) in [4.78, 5) is 14.9. The molecule has 1 amide bonds. The number of carbonyl (C=O) groups excluding carboxylic acids is 1. The molecule has 3 rings (SSSR count).